The number of carbonyl (C=O) groups is 1. The van der Waals surface area contributed by atoms with Crippen LogP contribution in [0.3, 0.4) is 0 Å². The van der Waals surface area contributed by atoms with Crippen LogP contribution in [0.15, 0.2) is 4.99 Å². The van der Waals surface area contributed by atoms with Crippen molar-refractivity contribution in [3.05, 3.63) is 0 Å². The van der Waals surface area contributed by atoms with Gasteiger partial charge in [0.1, 0.15) is 12.5 Å². The van der Waals surface area contributed by atoms with Crippen LogP contribution in [0.5, 0.6) is 0 Å². The third-order valence-electron chi connectivity index (χ3n) is 1.27. The molecular weight excluding hydrogens is 160 g/mol. The molecule has 0 spiro atoms. The highest BCUT2D eigenvalue weighted by molar-refractivity contribution is 5.83. The molecule has 5 heteroatoms. The molecule has 0 saturated heterocycles. The predicted molar refractivity (Wildman–Crippen MR) is 44.8 cm³/mol. The molecule has 5 nitrogen and oxygen atoms in total. The summed E-state index contributed by atoms with van der Waals surface area (Å²) in [5.41, 5.74) is 0. The van der Waals surface area contributed by atoms with Gasteiger partial charge in [-0.2, -0.15) is 0 Å². The molecular formula is C7H14N2O3. The molecule has 0 rings (SSSR count). The Morgan fingerprint density at radius 3 is 2.08 bits per heavy atom. The van der Waals surface area contributed by atoms with Gasteiger partial charge in [-0.1, -0.05) is 0 Å². The third kappa shape index (κ3) is 2.98. The monoisotopic (exact) mass is 174 g/mol. The first-order valence-electron chi connectivity index (χ1n) is 3.67. The lowest BCUT2D eigenvalue weighted by Gasteiger charge is -2.25. The number of amides is 2. The Labute approximate surface area is 71.3 Å². The van der Waals surface area contributed by atoms with Crippen molar-refractivity contribution in [3.8, 4) is 0 Å². The lowest BCUT2D eigenvalue weighted by Crippen LogP contribution is -2.43. The Bertz CT molecular complexity index is 169. The van der Waals surface area contributed by atoms with Crippen LogP contribution in [-0.4, -0.2) is 39.8 Å². The van der Waals surface area contributed by atoms with E-state index in [4.69, 9.17) is 10.2 Å². The Morgan fingerprint density at radius 2 is 1.83 bits per heavy atom. The first-order chi connectivity index (χ1) is 5.50. The molecule has 0 aliphatic rings. The quantitative estimate of drug-likeness (QED) is 0.463. The third-order valence-corrected chi connectivity index (χ3v) is 1.27. The van der Waals surface area contributed by atoms with Gasteiger partial charge in [0.2, 0.25) is 0 Å². The van der Waals surface area contributed by atoms with Crippen molar-refractivity contribution < 1.29 is 15.0 Å². The van der Waals surface area contributed by atoms with E-state index >= 15 is 0 Å². The van der Waals surface area contributed by atoms with E-state index in [-0.39, 0.29) is 0 Å². The summed E-state index contributed by atoms with van der Waals surface area (Å²) >= 11 is 0. The van der Waals surface area contributed by atoms with Gasteiger partial charge in [-0.05, 0) is 20.8 Å². The van der Waals surface area contributed by atoms with Gasteiger partial charge in [-0.3, -0.25) is 4.90 Å². The fourth-order valence-electron chi connectivity index (χ4n) is 0.809. The van der Waals surface area contributed by atoms with Crippen molar-refractivity contribution in [2.24, 2.45) is 4.99 Å². The molecule has 0 aliphatic carbocycles. The Morgan fingerprint density at radius 1 is 1.42 bits per heavy atom. The van der Waals surface area contributed by atoms with E-state index in [1.54, 1.807) is 6.92 Å². The summed E-state index contributed by atoms with van der Waals surface area (Å²) in [6.45, 7) is 4.35. The zero-order chi connectivity index (χ0) is 9.72. The standard InChI is InChI=1S/C7H14N2O3/c1-4-8-7(12)9(5(2)10)6(3)11/h4-6,10-11H,1-3H3. The highest BCUT2D eigenvalue weighted by Crippen LogP contribution is 2.03. The van der Waals surface area contributed by atoms with Crippen LogP contribution >= 0.6 is 0 Å². The number of hydrogen-bond acceptors (Lipinski definition) is 3. The molecule has 12 heavy (non-hydrogen) atoms. The Hall–Kier alpha value is -0.940. The van der Waals surface area contributed by atoms with Gasteiger partial charge in [-0.15, -0.1) is 0 Å². The molecule has 2 N–H and O–H groups in total. The SMILES string of the molecule is CC=NC(=O)N(C(C)O)C(C)O. The first kappa shape index (κ1) is 11.1. The fourth-order valence-corrected chi connectivity index (χ4v) is 0.809. The van der Waals surface area contributed by atoms with E-state index in [2.05, 4.69) is 4.99 Å². The zero-order valence-electron chi connectivity index (χ0n) is 7.43. The molecule has 2 atom stereocenters. The van der Waals surface area contributed by atoms with Gasteiger partial charge in [0.05, 0.1) is 0 Å². The predicted octanol–water partition coefficient (Wildman–Crippen LogP) is 0.176. The molecule has 0 aromatic heterocycles. The van der Waals surface area contributed by atoms with E-state index in [1.807, 2.05) is 0 Å². The minimum absolute atomic E-state index is 0.650. The number of aliphatic imine (C=N–C) groups is 1. The van der Waals surface area contributed by atoms with Crippen LogP contribution in [0.2, 0.25) is 0 Å². The van der Waals surface area contributed by atoms with Crippen LogP contribution in [0, 0.1) is 0 Å². The molecule has 0 aliphatic heterocycles. The van der Waals surface area contributed by atoms with Crippen molar-refractivity contribution in [1.29, 1.82) is 0 Å². The number of rotatable bonds is 2. The van der Waals surface area contributed by atoms with E-state index in [0.29, 0.717) is 0 Å². The summed E-state index contributed by atoms with van der Waals surface area (Å²) < 4.78 is 0. The van der Waals surface area contributed by atoms with Crippen LogP contribution in [0.1, 0.15) is 20.8 Å². The van der Waals surface area contributed by atoms with Gasteiger partial charge < -0.3 is 10.2 Å². The Kier molecular flexibility index (Phi) is 4.46. The van der Waals surface area contributed by atoms with E-state index in [9.17, 15) is 4.79 Å². The topological polar surface area (TPSA) is 73.1 Å². The first-order valence-corrected chi connectivity index (χ1v) is 3.67. The van der Waals surface area contributed by atoms with Gasteiger partial charge in [-0.25, -0.2) is 9.79 Å². The number of hydrogen-bond donors (Lipinski definition) is 2. The molecule has 2 amide bonds. The maximum absolute atomic E-state index is 11.0. The molecule has 2 unspecified atom stereocenters. The molecule has 0 fully saturated rings. The molecule has 0 bridgehead atoms. The van der Waals surface area contributed by atoms with Crippen LogP contribution in [0.25, 0.3) is 0 Å². The van der Waals surface area contributed by atoms with Crippen molar-refractivity contribution >= 4 is 12.2 Å². The zero-order valence-corrected chi connectivity index (χ0v) is 7.43. The second kappa shape index (κ2) is 4.84. The molecule has 0 aromatic carbocycles. The normalized spacial score (nSPS) is 16.1. The maximum Gasteiger partial charge on any atom is 0.347 e. The van der Waals surface area contributed by atoms with Crippen molar-refractivity contribution in [3.63, 3.8) is 0 Å². The van der Waals surface area contributed by atoms with Crippen molar-refractivity contribution in [2.45, 2.75) is 33.2 Å². The highest BCUT2D eigenvalue weighted by atomic mass is 16.3. The summed E-state index contributed by atoms with van der Waals surface area (Å²) in [6, 6.07) is -0.650. The smallest absolute Gasteiger partial charge is 0.347 e. The second-order valence-electron chi connectivity index (χ2n) is 2.34. The number of aliphatic hydroxyl groups excluding tert-OH is 2. The average molecular weight is 174 g/mol. The molecule has 70 valence electrons. The summed E-state index contributed by atoms with van der Waals surface area (Å²) in [5.74, 6) is 0. The van der Waals surface area contributed by atoms with Crippen molar-refractivity contribution in [2.75, 3.05) is 0 Å². The van der Waals surface area contributed by atoms with Gasteiger partial charge in [0.15, 0.2) is 0 Å². The number of nitrogens with zero attached hydrogens (tertiary/aromatic N) is 2. The average Bonchev–Trinajstić information content (AvgIpc) is 1.85. The summed E-state index contributed by atoms with van der Waals surface area (Å²) in [6.07, 6.45) is -0.775. The van der Waals surface area contributed by atoms with E-state index < -0.39 is 18.5 Å². The Balaban J connectivity index is 4.40. The lowest BCUT2D eigenvalue weighted by atomic mass is 10.4. The molecule has 0 heterocycles. The second-order valence-corrected chi connectivity index (χ2v) is 2.34. The van der Waals surface area contributed by atoms with Gasteiger partial charge >= 0.3 is 6.03 Å². The minimum Gasteiger partial charge on any atom is -0.374 e. The summed E-state index contributed by atoms with van der Waals surface area (Å²) in [7, 11) is 0. The van der Waals surface area contributed by atoms with Crippen molar-refractivity contribution in [1.82, 2.24) is 4.90 Å². The largest absolute Gasteiger partial charge is 0.374 e. The highest BCUT2D eigenvalue weighted by Gasteiger charge is 2.21. The molecule has 0 radical (unpaired) electrons. The fraction of sp³-hybridized carbons (Fsp3) is 0.714. The molecule has 0 aromatic rings. The van der Waals surface area contributed by atoms with Crippen LogP contribution in [0.4, 0.5) is 4.79 Å². The maximum atomic E-state index is 11.0. The van der Waals surface area contributed by atoms with Crippen LogP contribution < -0.4 is 0 Å². The minimum atomic E-state index is -1.04. The lowest BCUT2D eigenvalue weighted by molar-refractivity contribution is -0.0490. The van der Waals surface area contributed by atoms with Gasteiger partial charge in [0.25, 0.3) is 0 Å². The molecule has 0 saturated carbocycles. The summed E-state index contributed by atoms with van der Waals surface area (Å²) in [5, 5.41) is 18.1. The van der Waals surface area contributed by atoms with Gasteiger partial charge in [0, 0.05) is 6.21 Å². The van der Waals surface area contributed by atoms with Crippen LogP contribution in [-0.2, 0) is 0 Å². The summed E-state index contributed by atoms with van der Waals surface area (Å²) in [4.78, 5) is 15.3. The number of urea groups is 1. The number of carbonyl (C=O) groups excluding carboxylic acids is 1. The van der Waals surface area contributed by atoms with E-state index in [0.717, 1.165) is 4.90 Å². The number of aliphatic hydroxyl groups is 2. The van der Waals surface area contributed by atoms with E-state index in [1.165, 1.54) is 20.1 Å².